The summed E-state index contributed by atoms with van der Waals surface area (Å²) in [5.74, 6) is -0.794. The Balaban J connectivity index is 2.07. The first-order chi connectivity index (χ1) is 14.9. The summed E-state index contributed by atoms with van der Waals surface area (Å²) < 4.78 is 63.0. The third-order valence-corrected chi connectivity index (χ3v) is 5.84. The second-order valence-corrected chi connectivity index (χ2v) is 9.26. The van der Waals surface area contributed by atoms with Gasteiger partial charge in [0.15, 0.2) is 9.84 Å². The number of aryl methyl sites for hydroxylation is 1. The van der Waals surface area contributed by atoms with E-state index in [4.69, 9.17) is 0 Å². The molecule has 0 saturated heterocycles. The molecule has 3 rings (SSSR count). The van der Waals surface area contributed by atoms with Gasteiger partial charge >= 0.3 is 6.18 Å². The number of carbonyl (C=O) groups excluding carboxylic acids is 1. The maximum Gasteiger partial charge on any atom is 0.416 e. The van der Waals surface area contributed by atoms with Crippen molar-refractivity contribution in [2.24, 2.45) is 0 Å². The fraction of sp³-hybridized carbons (Fsp3) is 0.182. The van der Waals surface area contributed by atoms with Crippen molar-refractivity contribution < 1.29 is 26.4 Å². The van der Waals surface area contributed by atoms with Crippen molar-refractivity contribution in [3.05, 3.63) is 93.4 Å². The second-order valence-electron chi connectivity index (χ2n) is 7.24. The van der Waals surface area contributed by atoms with Crippen LogP contribution in [0, 0.1) is 6.92 Å². The third kappa shape index (κ3) is 5.25. The molecule has 0 unspecified atom stereocenters. The van der Waals surface area contributed by atoms with Crippen molar-refractivity contribution in [2.45, 2.75) is 24.5 Å². The lowest BCUT2D eigenvalue weighted by Gasteiger charge is -2.24. The quantitative estimate of drug-likeness (QED) is 0.619. The van der Waals surface area contributed by atoms with Crippen LogP contribution in [0.3, 0.4) is 0 Å². The lowest BCUT2D eigenvalue weighted by Crippen LogP contribution is -2.34. The van der Waals surface area contributed by atoms with E-state index < -0.39 is 33.0 Å². The Morgan fingerprint density at radius 1 is 1.03 bits per heavy atom. The van der Waals surface area contributed by atoms with Crippen LogP contribution in [0.15, 0.2) is 70.4 Å². The van der Waals surface area contributed by atoms with Gasteiger partial charge in [-0.1, -0.05) is 18.2 Å². The molecule has 0 saturated carbocycles. The maximum atomic E-state index is 13.2. The molecule has 0 aliphatic heterocycles. The number of halogens is 3. The second kappa shape index (κ2) is 8.62. The summed E-state index contributed by atoms with van der Waals surface area (Å²) in [5.41, 5.74) is -0.921. The molecule has 1 aromatic heterocycles. The molecule has 0 aliphatic rings. The average Bonchev–Trinajstić information content (AvgIpc) is 2.71. The smallest absolute Gasteiger partial charge is 0.326 e. The SMILES string of the molecule is Cc1ccc(C(=O)N(Cc2ccc(S(C)(=O)=O)cc2)c2cccc(C(F)(F)F)c2)c(=O)[nH]1. The molecule has 32 heavy (non-hydrogen) atoms. The number of rotatable bonds is 5. The minimum absolute atomic E-state index is 0.0583. The molecule has 0 aliphatic carbocycles. The molecule has 10 heteroatoms. The predicted octanol–water partition coefficient (Wildman–Crippen LogP) is 3.95. The number of aromatic nitrogens is 1. The standard InChI is InChI=1S/C22H19F3N2O4S/c1-14-6-11-19(20(28)26-14)21(29)27(17-5-3-4-16(12-17)22(23,24)25)13-15-7-9-18(10-8-15)32(2,30)31/h3-12H,13H2,1-2H3,(H,26,28). The van der Waals surface area contributed by atoms with Gasteiger partial charge in [0.1, 0.15) is 5.56 Å². The van der Waals surface area contributed by atoms with Crippen LogP contribution in [0.5, 0.6) is 0 Å². The number of nitrogens with zero attached hydrogens (tertiary/aromatic N) is 1. The highest BCUT2D eigenvalue weighted by molar-refractivity contribution is 7.90. The van der Waals surface area contributed by atoms with E-state index in [9.17, 15) is 31.2 Å². The van der Waals surface area contributed by atoms with Crippen LogP contribution in [0.25, 0.3) is 0 Å². The van der Waals surface area contributed by atoms with E-state index in [2.05, 4.69) is 4.98 Å². The van der Waals surface area contributed by atoms with Crippen molar-refractivity contribution in [3.8, 4) is 0 Å². The topological polar surface area (TPSA) is 87.3 Å². The number of nitrogens with one attached hydrogen (secondary N) is 1. The van der Waals surface area contributed by atoms with Gasteiger partial charge in [0.05, 0.1) is 17.0 Å². The van der Waals surface area contributed by atoms with Crippen molar-refractivity contribution in [1.82, 2.24) is 4.98 Å². The van der Waals surface area contributed by atoms with Crippen molar-refractivity contribution in [3.63, 3.8) is 0 Å². The number of hydrogen-bond donors (Lipinski definition) is 1. The minimum atomic E-state index is -4.62. The molecule has 3 aromatic rings. The van der Waals surface area contributed by atoms with E-state index in [1.165, 1.54) is 48.5 Å². The number of pyridine rings is 1. The molecular formula is C22H19F3N2O4S. The van der Waals surface area contributed by atoms with Crippen LogP contribution in [-0.2, 0) is 22.6 Å². The molecule has 1 heterocycles. The Morgan fingerprint density at radius 2 is 1.69 bits per heavy atom. The van der Waals surface area contributed by atoms with Crippen LogP contribution >= 0.6 is 0 Å². The molecule has 6 nitrogen and oxygen atoms in total. The maximum absolute atomic E-state index is 13.2. The Labute approximate surface area is 182 Å². The first kappa shape index (κ1) is 23.3. The monoisotopic (exact) mass is 464 g/mol. The van der Waals surface area contributed by atoms with Crippen LogP contribution in [-0.4, -0.2) is 25.6 Å². The van der Waals surface area contributed by atoms with Gasteiger partial charge in [-0.05, 0) is 55.0 Å². The molecule has 1 N–H and O–H groups in total. The summed E-state index contributed by atoms with van der Waals surface area (Å²) in [6, 6.07) is 12.6. The highest BCUT2D eigenvalue weighted by atomic mass is 32.2. The van der Waals surface area contributed by atoms with Crippen LogP contribution < -0.4 is 10.5 Å². The zero-order valence-electron chi connectivity index (χ0n) is 17.1. The first-order valence-corrected chi connectivity index (χ1v) is 11.2. The number of anilines is 1. The summed E-state index contributed by atoms with van der Waals surface area (Å²) in [5, 5.41) is 0. The number of benzene rings is 2. The number of alkyl halides is 3. The van der Waals surface area contributed by atoms with E-state index >= 15 is 0 Å². The van der Waals surface area contributed by atoms with Crippen LogP contribution in [0.2, 0.25) is 0 Å². The molecular weight excluding hydrogens is 445 g/mol. The number of amides is 1. The molecule has 0 spiro atoms. The zero-order chi connectivity index (χ0) is 23.7. The van der Waals surface area contributed by atoms with Gasteiger partial charge in [-0.25, -0.2) is 8.42 Å². The lowest BCUT2D eigenvalue weighted by atomic mass is 10.1. The third-order valence-electron chi connectivity index (χ3n) is 4.71. The van der Waals surface area contributed by atoms with E-state index in [0.29, 0.717) is 11.3 Å². The van der Waals surface area contributed by atoms with Gasteiger partial charge in [0.25, 0.3) is 11.5 Å². The first-order valence-electron chi connectivity index (χ1n) is 9.34. The Hall–Kier alpha value is -3.40. The molecule has 0 bridgehead atoms. The molecule has 0 fully saturated rings. The van der Waals surface area contributed by atoms with Gasteiger partial charge < -0.3 is 9.88 Å². The Morgan fingerprint density at radius 3 is 2.25 bits per heavy atom. The fourth-order valence-corrected chi connectivity index (χ4v) is 3.67. The van der Waals surface area contributed by atoms with Gasteiger partial charge in [-0.2, -0.15) is 13.2 Å². The van der Waals surface area contributed by atoms with Gasteiger partial charge in [-0.15, -0.1) is 0 Å². The lowest BCUT2D eigenvalue weighted by molar-refractivity contribution is -0.137. The average molecular weight is 464 g/mol. The number of carbonyl (C=O) groups is 1. The Bertz CT molecular complexity index is 1310. The highest BCUT2D eigenvalue weighted by Crippen LogP contribution is 2.32. The summed E-state index contributed by atoms with van der Waals surface area (Å²) in [6.07, 6.45) is -3.58. The van der Waals surface area contributed by atoms with Crippen LogP contribution in [0.4, 0.5) is 18.9 Å². The van der Waals surface area contributed by atoms with Crippen molar-refractivity contribution >= 4 is 21.4 Å². The molecule has 0 atom stereocenters. The molecule has 1 amide bonds. The summed E-state index contributed by atoms with van der Waals surface area (Å²) >= 11 is 0. The van der Waals surface area contributed by atoms with Gasteiger partial charge in [0, 0.05) is 17.6 Å². The van der Waals surface area contributed by atoms with Crippen molar-refractivity contribution in [2.75, 3.05) is 11.2 Å². The van der Waals surface area contributed by atoms with Crippen LogP contribution in [0.1, 0.15) is 27.2 Å². The number of H-pyrrole nitrogens is 1. The van der Waals surface area contributed by atoms with Crippen molar-refractivity contribution in [1.29, 1.82) is 0 Å². The number of hydrogen-bond acceptors (Lipinski definition) is 4. The number of sulfone groups is 1. The predicted molar refractivity (Wildman–Crippen MR) is 113 cm³/mol. The van der Waals surface area contributed by atoms with E-state index in [-0.39, 0.29) is 22.7 Å². The normalized spacial score (nSPS) is 11.9. The molecule has 0 radical (unpaired) electrons. The minimum Gasteiger partial charge on any atom is -0.326 e. The Kier molecular flexibility index (Phi) is 6.27. The largest absolute Gasteiger partial charge is 0.416 e. The summed E-state index contributed by atoms with van der Waals surface area (Å²) in [4.78, 5) is 29.1. The van der Waals surface area contributed by atoms with Gasteiger partial charge in [-0.3, -0.25) is 9.59 Å². The summed E-state index contributed by atoms with van der Waals surface area (Å²) in [7, 11) is -3.44. The van der Waals surface area contributed by atoms with E-state index in [1.54, 1.807) is 6.92 Å². The zero-order valence-corrected chi connectivity index (χ0v) is 17.9. The van der Waals surface area contributed by atoms with Gasteiger partial charge in [0.2, 0.25) is 0 Å². The molecule has 168 valence electrons. The number of aromatic amines is 1. The van der Waals surface area contributed by atoms with E-state index in [1.807, 2.05) is 0 Å². The highest BCUT2D eigenvalue weighted by Gasteiger charge is 2.31. The van der Waals surface area contributed by atoms with E-state index in [0.717, 1.165) is 23.3 Å². The molecule has 2 aromatic carbocycles. The summed E-state index contributed by atoms with van der Waals surface area (Å²) in [6.45, 7) is 1.45. The fourth-order valence-electron chi connectivity index (χ4n) is 3.04.